The van der Waals surface area contributed by atoms with Crippen molar-refractivity contribution in [3.05, 3.63) is 0 Å². The molecule has 1 aliphatic carbocycles. The Bertz CT molecular complexity index is 449. The summed E-state index contributed by atoms with van der Waals surface area (Å²) in [6.07, 6.45) is -8.35. The molecular weight excluding hydrogens is 338 g/mol. The molecule has 2 rings (SSSR count). The SMILES string of the molecule is CC(=O)N[C@@H]1[C@H](CO)C[C@H](O)C[C@@H]1O[C@@H]1O[C@H](CO)[C@@H](O)[C@H](O)[C@H]1O. The highest BCUT2D eigenvalue weighted by atomic mass is 16.7. The van der Waals surface area contributed by atoms with E-state index < -0.39 is 61.5 Å². The van der Waals surface area contributed by atoms with Gasteiger partial charge in [0.2, 0.25) is 5.91 Å². The van der Waals surface area contributed by atoms with Crippen molar-refractivity contribution in [1.82, 2.24) is 5.32 Å². The third kappa shape index (κ3) is 4.66. The molecule has 0 radical (unpaired) electrons. The second-order valence-electron chi connectivity index (χ2n) is 6.67. The number of aliphatic hydroxyl groups is 6. The standard InChI is InChI=1S/C15H27NO9/c1-6(19)16-11-7(4-17)2-8(20)3-9(11)24-15-14(23)13(22)12(21)10(5-18)25-15/h7-15,17-18,20-23H,2-5H2,1H3,(H,16,19)/t7-,8-,9-,10+,11+,12+,13-,14+,15+/m0/s1. The van der Waals surface area contributed by atoms with E-state index in [0.29, 0.717) is 0 Å². The average molecular weight is 365 g/mol. The van der Waals surface area contributed by atoms with Crippen LogP contribution in [-0.2, 0) is 14.3 Å². The Balaban J connectivity index is 2.14. The summed E-state index contributed by atoms with van der Waals surface area (Å²) in [6.45, 7) is 0.438. The van der Waals surface area contributed by atoms with Crippen molar-refractivity contribution in [2.75, 3.05) is 13.2 Å². The summed E-state index contributed by atoms with van der Waals surface area (Å²) in [7, 11) is 0. The minimum absolute atomic E-state index is 0.121. The topological polar surface area (TPSA) is 169 Å². The molecule has 1 aliphatic heterocycles. The van der Waals surface area contributed by atoms with Gasteiger partial charge in [-0.3, -0.25) is 4.79 Å². The van der Waals surface area contributed by atoms with Crippen molar-refractivity contribution in [3.8, 4) is 0 Å². The maximum Gasteiger partial charge on any atom is 0.217 e. The molecule has 25 heavy (non-hydrogen) atoms. The Labute approximate surface area is 145 Å². The average Bonchev–Trinajstić information content (AvgIpc) is 2.56. The van der Waals surface area contributed by atoms with Crippen molar-refractivity contribution >= 4 is 5.91 Å². The van der Waals surface area contributed by atoms with E-state index in [9.17, 15) is 35.4 Å². The lowest BCUT2D eigenvalue weighted by Gasteiger charge is -2.45. The summed E-state index contributed by atoms with van der Waals surface area (Å²) in [5.74, 6) is -0.801. The van der Waals surface area contributed by atoms with E-state index in [-0.39, 0.29) is 25.4 Å². The minimum atomic E-state index is -1.59. The van der Waals surface area contributed by atoms with Crippen molar-refractivity contribution < 1.29 is 44.9 Å². The molecule has 1 amide bonds. The fraction of sp³-hybridized carbons (Fsp3) is 0.933. The molecule has 0 spiro atoms. The Kier molecular flexibility index (Phi) is 7.11. The summed E-state index contributed by atoms with van der Waals surface area (Å²) in [5.41, 5.74) is 0. The number of amides is 1. The molecule has 2 aliphatic rings. The van der Waals surface area contributed by atoms with Crippen LogP contribution in [0.2, 0.25) is 0 Å². The maximum absolute atomic E-state index is 11.5. The van der Waals surface area contributed by atoms with Crippen LogP contribution in [0.15, 0.2) is 0 Å². The predicted octanol–water partition coefficient (Wildman–Crippen LogP) is -3.56. The first kappa shape index (κ1) is 20.5. The quantitative estimate of drug-likeness (QED) is 0.261. The van der Waals surface area contributed by atoms with E-state index in [0.717, 1.165) is 0 Å². The molecule has 0 aromatic heterocycles. The van der Waals surface area contributed by atoms with Crippen LogP contribution < -0.4 is 5.32 Å². The van der Waals surface area contributed by atoms with Crippen molar-refractivity contribution in [1.29, 1.82) is 0 Å². The van der Waals surface area contributed by atoms with Gasteiger partial charge in [0.15, 0.2) is 6.29 Å². The number of hydrogen-bond donors (Lipinski definition) is 7. The molecule has 10 nitrogen and oxygen atoms in total. The molecule has 1 heterocycles. The lowest BCUT2D eigenvalue weighted by atomic mass is 9.81. The molecule has 0 bridgehead atoms. The van der Waals surface area contributed by atoms with Gasteiger partial charge in [0.1, 0.15) is 24.4 Å². The van der Waals surface area contributed by atoms with Gasteiger partial charge in [0, 0.05) is 25.9 Å². The largest absolute Gasteiger partial charge is 0.396 e. The third-order valence-corrected chi connectivity index (χ3v) is 4.75. The first-order valence-corrected chi connectivity index (χ1v) is 8.30. The Morgan fingerprint density at radius 3 is 2.32 bits per heavy atom. The van der Waals surface area contributed by atoms with Gasteiger partial charge < -0.3 is 45.4 Å². The molecule has 7 N–H and O–H groups in total. The van der Waals surface area contributed by atoms with E-state index in [1.807, 2.05) is 0 Å². The van der Waals surface area contributed by atoms with Crippen molar-refractivity contribution in [3.63, 3.8) is 0 Å². The molecule has 146 valence electrons. The zero-order valence-electron chi connectivity index (χ0n) is 13.9. The van der Waals surface area contributed by atoms with Crippen molar-refractivity contribution in [2.24, 2.45) is 5.92 Å². The van der Waals surface area contributed by atoms with E-state index in [1.165, 1.54) is 6.92 Å². The molecule has 1 saturated carbocycles. The summed E-state index contributed by atoms with van der Waals surface area (Å²) in [6, 6.07) is -0.627. The molecule has 9 atom stereocenters. The van der Waals surface area contributed by atoms with Crippen LogP contribution in [0.25, 0.3) is 0 Å². The monoisotopic (exact) mass is 365 g/mol. The highest BCUT2D eigenvalue weighted by Crippen LogP contribution is 2.31. The molecule has 10 heteroatoms. The van der Waals surface area contributed by atoms with Crippen LogP contribution in [0.5, 0.6) is 0 Å². The fourth-order valence-corrected chi connectivity index (χ4v) is 3.44. The molecule has 0 unspecified atom stereocenters. The van der Waals surface area contributed by atoms with Crippen LogP contribution in [-0.4, -0.2) is 98.7 Å². The highest BCUT2D eigenvalue weighted by molar-refractivity contribution is 5.73. The van der Waals surface area contributed by atoms with E-state index in [2.05, 4.69) is 5.32 Å². The number of carbonyl (C=O) groups excluding carboxylic acids is 1. The number of rotatable bonds is 5. The number of nitrogens with one attached hydrogen (secondary N) is 1. The molecule has 1 saturated heterocycles. The third-order valence-electron chi connectivity index (χ3n) is 4.75. The predicted molar refractivity (Wildman–Crippen MR) is 82.1 cm³/mol. The molecule has 0 aromatic carbocycles. The van der Waals surface area contributed by atoms with Gasteiger partial charge in [0.25, 0.3) is 0 Å². The van der Waals surface area contributed by atoms with Crippen LogP contribution in [0.3, 0.4) is 0 Å². The van der Waals surface area contributed by atoms with Gasteiger partial charge in [-0.05, 0) is 6.42 Å². The van der Waals surface area contributed by atoms with Gasteiger partial charge in [-0.15, -0.1) is 0 Å². The number of aliphatic hydroxyl groups excluding tert-OH is 6. The maximum atomic E-state index is 11.5. The lowest BCUT2D eigenvalue weighted by Crippen LogP contribution is -2.62. The first-order valence-electron chi connectivity index (χ1n) is 8.30. The summed E-state index contributed by atoms with van der Waals surface area (Å²) < 4.78 is 11.0. The van der Waals surface area contributed by atoms with Gasteiger partial charge >= 0.3 is 0 Å². The van der Waals surface area contributed by atoms with Crippen LogP contribution in [0.4, 0.5) is 0 Å². The first-order chi connectivity index (χ1) is 11.8. The molecular formula is C15H27NO9. The highest BCUT2D eigenvalue weighted by Gasteiger charge is 2.47. The second kappa shape index (κ2) is 8.69. The lowest BCUT2D eigenvalue weighted by molar-refractivity contribution is -0.317. The zero-order valence-corrected chi connectivity index (χ0v) is 13.9. The Morgan fingerprint density at radius 2 is 1.76 bits per heavy atom. The van der Waals surface area contributed by atoms with Gasteiger partial charge in [-0.1, -0.05) is 0 Å². The van der Waals surface area contributed by atoms with Crippen LogP contribution in [0, 0.1) is 5.92 Å². The second-order valence-corrected chi connectivity index (χ2v) is 6.67. The smallest absolute Gasteiger partial charge is 0.217 e. The minimum Gasteiger partial charge on any atom is -0.396 e. The van der Waals surface area contributed by atoms with E-state index in [1.54, 1.807) is 0 Å². The van der Waals surface area contributed by atoms with Gasteiger partial charge in [0.05, 0.1) is 24.9 Å². The van der Waals surface area contributed by atoms with Crippen LogP contribution in [0.1, 0.15) is 19.8 Å². The van der Waals surface area contributed by atoms with E-state index in [4.69, 9.17) is 9.47 Å². The Morgan fingerprint density at radius 1 is 1.08 bits per heavy atom. The number of hydrogen-bond acceptors (Lipinski definition) is 9. The van der Waals surface area contributed by atoms with Gasteiger partial charge in [-0.25, -0.2) is 0 Å². The van der Waals surface area contributed by atoms with E-state index >= 15 is 0 Å². The number of ether oxygens (including phenoxy) is 2. The fourth-order valence-electron chi connectivity index (χ4n) is 3.44. The van der Waals surface area contributed by atoms with Crippen molar-refractivity contribution in [2.45, 2.75) is 68.7 Å². The van der Waals surface area contributed by atoms with Gasteiger partial charge in [-0.2, -0.15) is 0 Å². The molecule has 0 aromatic rings. The van der Waals surface area contributed by atoms with Crippen LogP contribution >= 0.6 is 0 Å². The summed E-state index contributed by atoms with van der Waals surface area (Å²) >= 11 is 0. The number of carbonyl (C=O) groups is 1. The summed E-state index contributed by atoms with van der Waals surface area (Å²) in [4.78, 5) is 11.5. The summed E-state index contributed by atoms with van der Waals surface area (Å²) in [5, 5.41) is 61.1. The normalized spacial score (nSPS) is 45.2. The molecule has 2 fully saturated rings. The Hall–Kier alpha value is -0.850. The zero-order chi connectivity index (χ0) is 18.7.